The molecular weight excluding hydrogens is 512 g/mol. The molecular formula is C29H28N6O5. The van der Waals surface area contributed by atoms with E-state index in [9.17, 15) is 9.59 Å². The minimum atomic E-state index is -0.713. The number of para-hydroxylation sites is 1. The normalized spacial score (nSPS) is 11.3. The van der Waals surface area contributed by atoms with E-state index < -0.39 is 17.1 Å². The van der Waals surface area contributed by atoms with Crippen molar-refractivity contribution in [1.29, 1.82) is 0 Å². The van der Waals surface area contributed by atoms with Crippen molar-refractivity contribution in [3.05, 3.63) is 89.6 Å². The Morgan fingerprint density at radius 3 is 2.25 bits per heavy atom. The maximum Gasteiger partial charge on any atom is 0.339 e. The Balaban J connectivity index is 1.58. The van der Waals surface area contributed by atoms with Gasteiger partial charge in [-0.1, -0.05) is 18.2 Å². The number of imidazole rings is 1. The molecule has 0 fully saturated rings. The highest BCUT2D eigenvalue weighted by atomic mass is 16.7. The lowest BCUT2D eigenvalue weighted by atomic mass is 9.98. The molecule has 3 aromatic carbocycles. The molecule has 0 aliphatic heterocycles. The smallest absolute Gasteiger partial charge is 0.339 e. The number of ether oxygens (including phenoxy) is 2. The lowest BCUT2D eigenvalue weighted by molar-refractivity contribution is -0.149. The summed E-state index contributed by atoms with van der Waals surface area (Å²) in [5.41, 5.74) is 9.71. The number of nitrogens with two attached hydrogens (primary N) is 1. The largest absolute Gasteiger partial charge is 0.497 e. The van der Waals surface area contributed by atoms with Crippen LogP contribution < -0.4 is 26.4 Å². The molecule has 5 aromatic rings. The summed E-state index contributed by atoms with van der Waals surface area (Å²) in [5.74, 6) is 1.39. The van der Waals surface area contributed by atoms with Crippen LogP contribution >= 0.6 is 0 Å². The Kier molecular flexibility index (Phi) is 6.87. The number of hydrogen-bond acceptors (Lipinski definition) is 9. The number of carbonyl (C=O) groups excluding carboxylic acids is 1. The van der Waals surface area contributed by atoms with Crippen LogP contribution in [-0.2, 0) is 9.63 Å². The molecule has 0 spiro atoms. The molecule has 2 aromatic heterocycles. The highest BCUT2D eigenvalue weighted by Gasteiger charge is 2.24. The maximum atomic E-state index is 14.0. The Bertz CT molecular complexity index is 1740. The number of aromatic nitrogens is 4. The summed E-state index contributed by atoms with van der Waals surface area (Å²) in [6.07, 6.45) is 1.29. The molecule has 0 atom stereocenters. The summed E-state index contributed by atoms with van der Waals surface area (Å²) >= 11 is 0. The number of hydrogen-bond donors (Lipinski definition) is 2. The van der Waals surface area contributed by atoms with Gasteiger partial charge in [0.1, 0.15) is 29.1 Å². The second-order valence-corrected chi connectivity index (χ2v) is 9.95. The van der Waals surface area contributed by atoms with Gasteiger partial charge in [0.05, 0.1) is 29.6 Å². The van der Waals surface area contributed by atoms with Gasteiger partial charge in [0.2, 0.25) is 0 Å². The van der Waals surface area contributed by atoms with Crippen molar-refractivity contribution < 1.29 is 19.1 Å². The summed E-state index contributed by atoms with van der Waals surface area (Å²) in [6.45, 7) is 5.23. The van der Waals surface area contributed by atoms with Crippen molar-refractivity contribution in [2.75, 3.05) is 18.3 Å². The summed E-state index contributed by atoms with van der Waals surface area (Å²) in [6, 6.07) is 21.3. The number of benzene rings is 3. The first-order chi connectivity index (χ1) is 19.2. The van der Waals surface area contributed by atoms with E-state index in [1.165, 1.54) is 22.6 Å². The molecule has 2 heterocycles. The van der Waals surface area contributed by atoms with Crippen LogP contribution in [0.3, 0.4) is 0 Å². The molecule has 40 heavy (non-hydrogen) atoms. The van der Waals surface area contributed by atoms with E-state index in [4.69, 9.17) is 20.0 Å². The zero-order valence-electron chi connectivity index (χ0n) is 22.4. The van der Waals surface area contributed by atoms with Gasteiger partial charge in [0.25, 0.3) is 0 Å². The van der Waals surface area contributed by atoms with Crippen LogP contribution in [0.15, 0.2) is 83.9 Å². The topological polar surface area (TPSA) is 136 Å². The Morgan fingerprint density at radius 2 is 1.57 bits per heavy atom. The van der Waals surface area contributed by atoms with Crippen molar-refractivity contribution in [3.63, 3.8) is 0 Å². The van der Waals surface area contributed by atoms with Gasteiger partial charge in [0.15, 0.2) is 11.5 Å². The fourth-order valence-corrected chi connectivity index (χ4v) is 3.95. The first-order valence-corrected chi connectivity index (χ1v) is 12.4. The molecule has 0 radical (unpaired) electrons. The summed E-state index contributed by atoms with van der Waals surface area (Å²) in [7, 11) is 1.50. The number of rotatable bonds is 7. The number of nitrogens with zero attached hydrogens (tertiary/aromatic N) is 4. The van der Waals surface area contributed by atoms with E-state index in [0.717, 1.165) is 0 Å². The Hall–Kier alpha value is -5.32. The number of nitrogens with one attached hydrogen (secondary N) is 1. The number of anilines is 2. The van der Waals surface area contributed by atoms with Crippen LogP contribution in [0.4, 0.5) is 11.5 Å². The fraction of sp³-hybridized carbons (Fsp3) is 0.172. The van der Waals surface area contributed by atoms with Gasteiger partial charge in [-0.2, -0.15) is 0 Å². The van der Waals surface area contributed by atoms with E-state index in [1.54, 1.807) is 63.2 Å². The minimum absolute atomic E-state index is 0.130. The standard InChI is InChI=1S/C29H28N6O5/c1-29(2,3)27(36)40-33-18-14-20(16-23(15-18)38-4)35-26-24(25(30)31-17-32-26)34(28(35)37)19-10-12-22(13-11-19)39-21-8-6-5-7-9-21/h5-17,33H,1-4H3,(H2,30,31,32). The quantitative estimate of drug-likeness (QED) is 0.277. The van der Waals surface area contributed by atoms with Gasteiger partial charge < -0.3 is 20.0 Å². The van der Waals surface area contributed by atoms with Crippen molar-refractivity contribution in [2.45, 2.75) is 20.8 Å². The fourth-order valence-electron chi connectivity index (χ4n) is 3.95. The van der Waals surface area contributed by atoms with Gasteiger partial charge in [-0.15, -0.1) is 0 Å². The molecule has 0 saturated heterocycles. The molecule has 0 saturated carbocycles. The number of fused-ring (bicyclic) bond motifs is 1. The summed E-state index contributed by atoms with van der Waals surface area (Å²) < 4.78 is 14.2. The lowest BCUT2D eigenvalue weighted by Crippen LogP contribution is -2.25. The number of nitrogen functional groups attached to an aromatic ring is 1. The molecule has 204 valence electrons. The molecule has 11 nitrogen and oxygen atoms in total. The first kappa shape index (κ1) is 26.3. The van der Waals surface area contributed by atoms with Crippen LogP contribution in [0.2, 0.25) is 0 Å². The first-order valence-electron chi connectivity index (χ1n) is 12.4. The van der Waals surface area contributed by atoms with Crippen LogP contribution in [0, 0.1) is 5.41 Å². The molecule has 0 bridgehead atoms. The highest BCUT2D eigenvalue weighted by Crippen LogP contribution is 2.29. The van der Waals surface area contributed by atoms with Gasteiger partial charge in [-0.05, 0) is 63.2 Å². The average molecular weight is 541 g/mol. The molecule has 11 heteroatoms. The van der Waals surface area contributed by atoms with E-state index in [0.29, 0.717) is 39.8 Å². The molecule has 0 aliphatic rings. The predicted molar refractivity (Wildman–Crippen MR) is 151 cm³/mol. The number of carbonyl (C=O) groups is 1. The lowest BCUT2D eigenvalue weighted by Gasteiger charge is -2.17. The summed E-state index contributed by atoms with van der Waals surface area (Å²) in [4.78, 5) is 40.0. The highest BCUT2D eigenvalue weighted by molar-refractivity contribution is 5.85. The van der Waals surface area contributed by atoms with Crippen LogP contribution in [0.25, 0.3) is 22.5 Å². The zero-order chi connectivity index (χ0) is 28.4. The third-order valence-corrected chi connectivity index (χ3v) is 5.98. The van der Waals surface area contributed by atoms with Gasteiger partial charge in [-0.25, -0.2) is 29.6 Å². The zero-order valence-corrected chi connectivity index (χ0v) is 22.4. The second-order valence-electron chi connectivity index (χ2n) is 9.95. The number of methoxy groups -OCH3 is 1. The van der Waals surface area contributed by atoms with Crippen molar-refractivity contribution in [2.24, 2.45) is 5.41 Å². The molecule has 3 N–H and O–H groups in total. The molecule has 0 aliphatic carbocycles. The SMILES string of the molecule is COc1cc(NOC(=O)C(C)(C)C)cc(-n2c(=O)n(-c3ccc(Oc4ccccc4)cc3)c3c(N)ncnc32)c1. The third kappa shape index (κ3) is 5.17. The van der Waals surface area contributed by atoms with Crippen LogP contribution in [-0.4, -0.2) is 32.2 Å². The van der Waals surface area contributed by atoms with Crippen molar-refractivity contribution in [3.8, 4) is 28.6 Å². The van der Waals surface area contributed by atoms with Crippen molar-refractivity contribution >= 4 is 28.6 Å². The van der Waals surface area contributed by atoms with Crippen molar-refractivity contribution in [1.82, 2.24) is 19.1 Å². The molecule has 5 rings (SSSR count). The van der Waals surface area contributed by atoms with Gasteiger partial charge >= 0.3 is 11.7 Å². The molecule has 0 amide bonds. The third-order valence-electron chi connectivity index (χ3n) is 5.98. The Labute approximate surface area is 229 Å². The minimum Gasteiger partial charge on any atom is -0.497 e. The summed E-state index contributed by atoms with van der Waals surface area (Å²) in [5, 5.41) is 0. The van der Waals surface area contributed by atoms with E-state index in [-0.39, 0.29) is 11.5 Å². The van der Waals surface area contributed by atoms with E-state index in [1.807, 2.05) is 30.3 Å². The Morgan fingerprint density at radius 1 is 0.875 bits per heavy atom. The monoisotopic (exact) mass is 540 g/mol. The second kappa shape index (κ2) is 10.4. The van der Waals surface area contributed by atoms with Gasteiger partial charge in [0, 0.05) is 12.1 Å². The predicted octanol–water partition coefficient (Wildman–Crippen LogP) is 4.87. The van der Waals surface area contributed by atoms with E-state index in [2.05, 4.69) is 15.4 Å². The van der Waals surface area contributed by atoms with Crippen LogP contribution in [0.5, 0.6) is 17.2 Å². The van der Waals surface area contributed by atoms with E-state index >= 15 is 0 Å². The van der Waals surface area contributed by atoms with Gasteiger partial charge in [-0.3, -0.25) is 4.57 Å². The van der Waals surface area contributed by atoms with Crippen LogP contribution in [0.1, 0.15) is 20.8 Å². The maximum absolute atomic E-state index is 14.0. The molecule has 0 unspecified atom stereocenters. The average Bonchev–Trinajstić information content (AvgIpc) is 3.25.